The minimum atomic E-state index is 0.545. The van der Waals surface area contributed by atoms with Gasteiger partial charge in [-0.15, -0.1) is 11.3 Å². The number of nitrogens with zero attached hydrogens (tertiary/aromatic N) is 1. The molecule has 4 heteroatoms. The first-order valence-electron chi connectivity index (χ1n) is 6.45. The molecule has 1 saturated heterocycles. The number of ether oxygens (including phenoxy) is 1. The molecule has 0 bridgehead atoms. The molecule has 0 aromatic carbocycles. The first kappa shape index (κ1) is 13.0. The van der Waals surface area contributed by atoms with Gasteiger partial charge in [0.1, 0.15) is 0 Å². The zero-order chi connectivity index (χ0) is 11.9. The minimum Gasteiger partial charge on any atom is -0.378 e. The van der Waals surface area contributed by atoms with Crippen molar-refractivity contribution >= 4 is 11.3 Å². The second-order valence-electron chi connectivity index (χ2n) is 4.40. The van der Waals surface area contributed by atoms with Crippen LogP contribution in [0, 0.1) is 0 Å². The fourth-order valence-corrected chi connectivity index (χ4v) is 2.89. The van der Waals surface area contributed by atoms with Gasteiger partial charge in [0.25, 0.3) is 0 Å². The Hall–Kier alpha value is -0.420. The largest absolute Gasteiger partial charge is 0.378 e. The van der Waals surface area contributed by atoms with E-state index in [2.05, 4.69) is 34.7 Å². The van der Waals surface area contributed by atoms with E-state index in [0.717, 1.165) is 39.4 Å². The van der Waals surface area contributed by atoms with Gasteiger partial charge in [-0.1, -0.05) is 13.0 Å². The number of likely N-dealkylation sites (N-methyl/N-ethyl adjacent to an activating group) is 1. The van der Waals surface area contributed by atoms with Gasteiger partial charge in [0, 0.05) is 30.6 Å². The molecule has 1 fully saturated rings. The highest BCUT2D eigenvalue weighted by atomic mass is 32.1. The Morgan fingerprint density at radius 3 is 3.29 bits per heavy atom. The van der Waals surface area contributed by atoms with Gasteiger partial charge in [0.15, 0.2) is 0 Å². The first-order chi connectivity index (χ1) is 8.40. The van der Waals surface area contributed by atoms with Gasteiger partial charge >= 0.3 is 0 Å². The van der Waals surface area contributed by atoms with Gasteiger partial charge < -0.3 is 10.1 Å². The molecular formula is C13H22N2OS. The van der Waals surface area contributed by atoms with E-state index in [0.29, 0.717) is 6.04 Å². The molecule has 2 rings (SSSR count). The van der Waals surface area contributed by atoms with E-state index in [1.807, 2.05) is 11.3 Å². The van der Waals surface area contributed by atoms with Crippen LogP contribution < -0.4 is 5.32 Å². The molecule has 2 heterocycles. The standard InChI is InChI=1S/C13H22N2OS/c1-2-14-10-12-11-16-8-7-15(12)6-5-13-4-3-9-17-13/h3-4,9,12,14H,2,5-8,10-11H2,1H3. The molecule has 1 aliphatic heterocycles. The SMILES string of the molecule is CCNCC1COCCN1CCc1cccs1. The van der Waals surface area contributed by atoms with Crippen LogP contribution in [0.1, 0.15) is 11.8 Å². The Morgan fingerprint density at radius 1 is 1.59 bits per heavy atom. The van der Waals surface area contributed by atoms with Crippen LogP contribution in [-0.2, 0) is 11.2 Å². The summed E-state index contributed by atoms with van der Waals surface area (Å²) in [5, 5.41) is 5.58. The van der Waals surface area contributed by atoms with Crippen molar-refractivity contribution in [3.63, 3.8) is 0 Å². The normalized spacial score (nSPS) is 21.8. The maximum atomic E-state index is 5.57. The highest BCUT2D eigenvalue weighted by molar-refractivity contribution is 7.09. The summed E-state index contributed by atoms with van der Waals surface area (Å²) in [6, 6.07) is 4.91. The molecule has 1 atom stereocenters. The molecule has 0 radical (unpaired) electrons. The van der Waals surface area contributed by atoms with Crippen molar-refractivity contribution in [2.24, 2.45) is 0 Å². The number of morpholine rings is 1. The fraction of sp³-hybridized carbons (Fsp3) is 0.692. The minimum absolute atomic E-state index is 0.545. The molecule has 0 aliphatic carbocycles. The number of rotatable bonds is 6. The lowest BCUT2D eigenvalue weighted by atomic mass is 10.2. The zero-order valence-electron chi connectivity index (χ0n) is 10.5. The third kappa shape index (κ3) is 4.07. The van der Waals surface area contributed by atoms with Crippen LogP contribution >= 0.6 is 11.3 Å². The Bertz CT molecular complexity index is 302. The summed E-state index contributed by atoms with van der Waals surface area (Å²) in [5.74, 6) is 0. The van der Waals surface area contributed by atoms with E-state index in [-0.39, 0.29) is 0 Å². The molecule has 0 spiro atoms. The first-order valence-corrected chi connectivity index (χ1v) is 7.33. The molecule has 0 amide bonds. The summed E-state index contributed by atoms with van der Waals surface area (Å²) in [6.45, 7) is 8.21. The van der Waals surface area contributed by atoms with Gasteiger partial charge in [-0.05, 0) is 24.4 Å². The summed E-state index contributed by atoms with van der Waals surface area (Å²) in [5.41, 5.74) is 0. The number of thiophene rings is 1. The quantitative estimate of drug-likeness (QED) is 0.834. The third-order valence-corrected chi connectivity index (χ3v) is 4.14. The van der Waals surface area contributed by atoms with Crippen molar-refractivity contribution in [3.05, 3.63) is 22.4 Å². The van der Waals surface area contributed by atoms with Crippen molar-refractivity contribution in [2.45, 2.75) is 19.4 Å². The van der Waals surface area contributed by atoms with E-state index in [9.17, 15) is 0 Å². The molecular weight excluding hydrogens is 232 g/mol. The van der Waals surface area contributed by atoms with Gasteiger partial charge in [0.2, 0.25) is 0 Å². The lowest BCUT2D eigenvalue weighted by Crippen LogP contribution is -2.50. The number of hydrogen-bond donors (Lipinski definition) is 1. The lowest BCUT2D eigenvalue weighted by Gasteiger charge is -2.35. The Kier molecular flexibility index (Phi) is 5.45. The number of nitrogens with one attached hydrogen (secondary N) is 1. The van der Waals surface area contributed by atoms with Crippen molar-refractivity contribution in [1.82, 2.24) is 10.2 Å². The monoisotopic (exact) mass is 254 g/mol. The Labute approximate surface area is 108 Å². The maximum absolute atomic E-state index is 5.57. The predicted molar refractivity (Wildman–Crippen MR) is 72.7 cm³/mol. The van der Waals surface area contributed by atoms with E-state index in [1.54, 1.807) is 0 Å². The Morgan fingerprint density at radius 2 is 2.53 bits per heavy atom. The summed E-state index contributed by atoms with van der Waals surface area (Å²) in [4.78, 5) is 4.05. The van der Waals surface area contributed by atoms with Crippen LogP contribution in [0.3, 0.4) is 0 Å². The van der Waals surface area contributed by atoms with Gasteiger partial charge in [0.05, 0.1) is 13.2 Å². The molecule has 96 valence electrons. The predicted octanol–water partition coefficient (Wildman–Crippen LogP) is 1.60. The highest BCUT2D eigenvalue weighted by Crippen LogP contribution is 2.12. The second-order valence-corrected chi connectivity index (χ2v) is 5.43. The van der Waals surface area contributed by atoms with Crippen LogP contribution in [0.4, 0.5) is 0 Å². The van der Waals surface area contributed by atoms with Crippen molar-refractivity contribution in [1.29, 1.82) is 0 Å². The van der Waals surface area contributed by atoms with Gasteiger partial charge in [-0.3, -0.25) is 4.90 Å². The smallest absolute Gasteiger partial charge is 0.0634 e. The zero-order valence-corrected chi connectivity index (χ0v) is 11.3. The second kappa shape index (κ2) is 7.11. The fourth-order valence-electron chi connectivity index (χ4n) is 2.19. The van der Waals surface area contributed by atoms with Crippen LogP contribution in [0.15, 0.2) is 17.5 Å². The van der Waals surface area contributed by atoms with E-state index < -0.39 is 0 Å². The average Bonchev–Trinajstić information content (AvgIpc) is 2.88. The molecule has 0 saturated carbocycles. The molecule has 1 N–H and O–H groups in total. The van der Waals surface area contributed by atoms with Crippen LogP contribution in [-0.4, -0.2) is 50.3 Å². The maximum Gasteiger partial charge on any atom is 0.0634 e. The molecule has 3 nitrogen and oxygen atoms in total. The molecule has 1 aromatic heterocycles. The van der Waals surface area contributed by atoms with Crippen molar-refractivity contribution in [3.8, 4) is 0 Å². The van der Waals surface area contributed by atoms with Gasteiger partial charge in [-0.25, -0.2) is 0 Å². The molecule has 17 heavy (non-hydrogen) atoms. The van der Waals surface area contributed by atoms with Crippen LogP contribution in [0.25, 0.3) is 0 Å². The Balaban J connectivity index is 1.79. The summed E-state index contributed by atoms with van der Waals surface area (Å²) in [6.07, 6.45) is 1.17. The molecule has 1 unspecified atom stereocenters. The van der Waals surface area contributed by atoms with Gasteiger partial charge in [-0.2, -0.15) is 0 Å². The van der Waals surface area contributed by atoms with Crippen molar-refractivity contribution < 1.29 is 4.74 Å². The number of hydrogen-bond acceptors (Lipinski definition) is 4. The third-order valence-electron chi connectivity index (χ3n) is 3.20. The average molecular weight is 254 g/mol. The van der Waals surface area contributed by atoms with Crippen LogP contribution in [0.5, 0.6) is 0 Å². The van der Waals surface area contributed by atoms with Crippen molar-refractivity contribution in [2.75, 3.05) is 39.4 Å². The van der Waals surface area contributed by atoms with E-state index in [4.69, 9.17) is 4.74 Å². The summed E-state index contributed by atoms with van der Waals surface area (Å²) >= 11 is 1.86. The van der Waals surface area contributed by atoms with Crippen LogP contribution in [0.2, 0.25) is 0 Å². The summed E-state index contributed by atoms with van der Waals surface area (Å²) < 4.78 is 5.57. The summed E-state index contributed by atoms with van der Waals surface area (Å²) in [7, 11) is 0. The molecule has 1 aliphatic rings. The lowest BCUT2D eigenvalue weighted by molar-refractivity contribution is -0.00591. The van der Waals surface area contributed by atoms with E-state index >= 15 is 0 Å². The van der Waals surface area contributed by atoms with E-state index in [1.165, 1.54) is 11.3 Å². The molecule has 1 aromatic rings. The topological polar surface area (TPSA) is 24.5 Å². The highest BCUT2D eigenvalue weighted by Gasteiger charge is 2.21.